The molecule has 1 aromatic carbocycles. The van der Waals surface area contributed by atoms with Crippen LogP contribution >= 0.6 is 0 Å². The van der Waals surface area contributed by atoms with Gasteiger partial charge >= 0.3 is 0 Å². The highest BCUT2D eigenvalue weighted by Crippen LogP contribution is 2.27. The van der Waals surface area contributed by atoms with Crippen molar-refractivity contribution in [2.24, 2.45) is 0 Å². The van der Waals surface area contributed by atoms with Crippen LogP contribution in [0.15, 0.2) is 30.3 Å². The van der Waals surface area contributed by atoms with Gasteiger partial charge in [0.05, 0.1) is 0 Å². The highest BCUT2D eigenvalue weighted by molar-refractivity contribution is 5.47. The van der Waals surface area contributed by atoms with Crippen molar-refractivity contribution in [1.82, 2.24) is 0 Å². The van der Waals surface area contributed by atoms with E-state index in [4.69, 9.17) is 0 Å². The molecule has 88 valence electrons. The van der Waals surface area contributed by atoms with Gasteiger partial charge in [0.2, 0.25) is 0 Å². The fourth-order valence-electron chi connectivity index (χ4n) is 2.70. The lowest BCUT2D eigenvalue weighted by Gasteiger charge is -2.37. The van der Waals surface area contributed by atoms with Crippen molar-refractivity contribution in [3.05, 3.63) is 30.3 Å². The third-order valence-corrected chi connectivity index (χ3v) is 3.61. The van der Waals surface area contributed by atoms with E-state index in [2.05, 4.69) is 42.2 Å². The monoisotopic (exact) mass is 217 g/mol. The van der Waals surface area contributed by atoms with E-state index < -0.39 is 0 Å². The van der Waals surface area contributed by atoms with Gasteiger partial charge in [-0.15, -0.1) is 0 Å². The Bertz CT molecular complexity index is 294. The Morgan fingerprint density at radius 2 is 2.00 bits per heavy atom. The van der Waals surface area contributed by atoms with Crippen molar-refractivity contribution in [2.45, 2.75) is 51.5 Å². The van der Waals surface area contributed by atoms with Gasteiger partial charge in [-0.1, -0.05) is 38.0 Å². The molecule has 1 nitrogen and oxygen atoms in total. The van der Waals surface area contributed by atoms with Gasteiger partial charge in [-0.05, 0) is 37.8 Å². The molecule has 0 radical (unpaired) electrons. The number of hydrogen-bond acceptors (Lipinski definition) is 1. The maximum absolute atomic E-state index is 2.62. The van der Waals surface area contributed by atoms with Gasteiger partial charge in [-0.2, -0.15) is 0 Å². The number of anilines is 1. The summed E-state index contributed by atoms with van der Waals surface area (Å²) in [5, 5.41) is 0. The van der Waals surface area contributed by atoms with Crippen LogP contribution in [0.25, 0.3) is 0 Å². The summed E-state index contributed by atoms with van der Waals surface area (Å²) in [6.07, 6.45) is 8.21. The van der Waals surface area contributed by atoms with E-state index in [1.807, 2.05) is 0 Å². The molecular weight excluding hydrogens is 194 g/mol. The fourth-order valence-corrected chi connectivity index (χ4v) is 2.70. The molecule has 1 fully saturated rings. The van der Waals surface area contributed by atoms with E-state index in [0.717, 1.165) is 6.04 Å². The summed E-state index contributed by atoms with van der Waals surface area (Å²) >= 11 is 0. The summed E-state index contributed by atoms with van der Waals surface area (Å²) in [6.45, 7) is 3.54. The molecule has 0 spiro atoms. The van der Waals surface area contributed by atoms with Crippen molar-refractivity contribution in [1.29, 1.82) is 0 Å². The first kappa shape index (κ1) is 11.5. The van der Waals surface area contributed by atoms with Gasteiger partial charge in [0.15, 0.2) is 0 Å². The van der Waals surface area contributed by atoms with E-state index in [1.54, 1.807) is 0 Å². The summed E-state index contributed by atoms with van der Waals surface area (Å²) in [4.78, 5) is 2.62. The van der Waals surface area contributed by atoms with Crippen LogP contribution in [-0.4, -0.2) is 12.6 Å². The molecule has 1 saturated heterocycles. The predicted molar refractivity (Wildman–Crippen MR) is 71.0 cm³/mol. The van der Waals surface area contributed by atoms with Crippen LogP contribution < -0.4 is 4.90 Å². The molecule has 1 aliphatic rings. The Morgan fingerprint density at radius 3 is 2.75 bits per heavy atom. The molecule has 1 aliphatic heterocycles. The van der Waals surface area contributed by atoms with Crippen molar-refractivity contribution < 1.29 is 0 Å². The van der Waals surface area contributed by atoms with Crippen molar-refractivity contribution in [2.75, 3.05) is 11.4 Å². The van der Waals surface area contributed by atoms with Gasteiger partial charge < -0.3 is 4.90 Å². The first-order valence-corrected chi connectivity index (χ1v) is 6.73. The van der Waals surface area contributed by atoms with Crippen molar-refractivity contribution >= 4 is 5.69 Å². The largest absolute Gasteiger partial charge is 0.369 e. The second-order valence-corrected chi connectivity index (χ2v) is 4.82. The average molecular weight is 217 g/mol. The highest BCUT2D eigenvalue weighted by Gasteiger charge is 2.21. The Balaban J connectivity index is 2.04. The normalized spacial score (nSPS) is 21.1. The molecule has 1 heteroatoms. The molecule has 16 heavy (non-hydrogen) atoms. The SMILES string of the molecule is CCCCC1CCCCN1c1ccccc1. The quantitative estimate of drug-likeness (QED) is 0.729. The highest BCUT2D eigenvalue weighted by atomic mass is 15.2. The second kappa shape index (κ2) is 5.93. The molecule has 0 bridgehead atoms. The molecule has 0 saturated carbocycles. The summed E-state index contributed by atoms with van der Waals surface area (Å²) in [5.74, 6) is 0. The lowest BCUT2D eigenvalue weighted by Crippen LogP contribution is -2.39. The van der Waals surface area contributed by atoms with E-state index in [1.165, 1.54) is 50.8 Å². The molecule has 2 rings (SSSR count). The molecular formula is C15H23N. The zero-order valence-corrected chi connectivity index (χ0v) is 10.4. The predicted octanol–water partition coefficient (Wildman–Crippen LogP) is 4.24. The first-order valence-electron chi connectivity index (χ1n) is 6.73. The minimum atomic E-state index is 0.788. The lowest BCUT2D eigenvalue weighted by atomic mass is 9.96. The van der Waals surface area contributed by atoms with Crippen LogP contribution in [0, 0.1) is 0 Å². The van der Waals surface area contributed by atoms with E-state index in [-0.39, 0.29) is 0 Å². The molecule has 0 amide bonds. The number of nitrogens with zero attached hydrogens (tertiary/aromatic N) is 1. The molecule has 0 N–H and O–H groups in total. The zero-order valence-electron chi connectivity index (χ0n) is 10.4. The fraction of sp³-hybridized carbons (Fsp3) is 0.600. The molecule has 1 atom stereocenters. The smallest absolute Gasteiger partial charge is 0.0368 e. The third-order valence-electron chi connectivity index (χ3n) is 3.61. The summed E-state index contributed by atoms with van der Waals surface area (Å²) in [7, 11) is 0. The van der Waals surface area contributed by atoms with Crippen molar-refractivity contribution in [3.63, 3.8) is 0 Å². The standard InChI is InChI=1S/C15H23N/c1-2-3-9-14-12-7-8-13-16(14)15-10-5-4-6-11-15/h4-6,10-11,14H,2-3,7-9,12-13H2,1H3. The maximum Gasteiger partial charge on any atom is 0.0368 e. The number of unbranched alkanes of at least 4 members (excludes halogenated alkanes) is 1. The third kappa shape index (κ3) is 2.78. The van der Waals surface area contributed by atoms with Crippen LogP contribution in [0.5, 0.6) is 0 Å². The number of para-hydroxylation sites is 1. The van der Waals surface area contributed by atoms with Gasteiger partial charge in [-0.25, -0.2) is 0 Å². The molecule has 1 unspecified atom stereocenters. The van der Waals surface area contributed by atoms with Crippen LogP contribution in [0.1, 0.15) is 45.4 Å². The Hall–Kier alpha value is -0.980. The van der Waals surface area contributed by atoms with Crippen LogP contribution in [-0.2, 0) is 0 Å². The van der Waals surface area contributed by atoms with Crippen LogP contribution in [0.2, 0.25) is 0 Å². The molecule has 0 aromatic heterocycles. The Labute approximate surface area is 99.5 Å². The maximum atomic E-state index is 2.62. The Kier molecular flexibility index (Phi) is 4.26. The second-order valence-electron chi connectivity index (χ2n) is 4.82. The number of rotatable bonds is 4. The van der Waals surface area contributed by atoms with Gasteiger partial charge in [0.1, 0.15) is 0 Å². The van der Waals surface area contributed by atoms with Gasteiger partial charge in [0, 0.05) is 18.3 Å². The first-order chi connectivity index (χ1) is 7.92. The lowest BCUT2D eigenvalue weighted by molar-refractivity contribution is 0.427. The zero-order chi connectivity index (χ0) is 11.2. The van der Waals surface area contributed by atoms with Crippen molar-refractivity contribution in [3.8, 4) is 0 Å². The van der Waals surface area contributed by atoms with Crippen LogP contribution in [0.3, 0.4) is 0 Å². The number of benzene rings is 1. The van der Waals surface area contributed by atoms with Crippen LogP contribution in [0.4, 0.5) is 5.69 Å². The number of hydrogen-bond donors (Lipinski definition) is 0. The minimum Gasteiger partial charge on any atom is -0.369 e. The summed E-state index contributed by atoms with van der Waals surface area (Å²) in [6, 6.07) is 11.7. The molecule has 0 aliphatic carbocycles. The Morgan fingerprint density at radius 1 is 1.19 bits per heavy atom. The van der Waals surface area contributed by atoms with Gasteiger partial charge in [-0.3, -0.25) is 0 Å². The van der Waals surface area contributed by atoms with E-state index >= 15 is 0 Å². The number of piperidine rings is 1. The van der Waals surface area contributed by atoms with E-state index in [0.29, 0.717) is 0 Å². The summed E-state index contributed by atoms with van der Waals surface area (Å²) < 4.78 is 0. The minimum absolute atomic E-state index is 0.788. The van der Waals surface area contributed by atoms with Gasteiger partial charge in [0.25, 0.3) is 0 Å². The molecule has 1 aromatic rings. The average Bonchev–Trinajstić information content (AvgIpc) is 2.38. The topological polar surface area (TPSA) is 3.24 Å². The molecule has 1 heterocycles. The van der Waals surface area contributed by atoms with E-state index in [9.17, 15) is 0 Å². The summed E-state index contributed by atoms with van der Waals surface area (Å²) in [5.41, 5.74) is 1.42.